The Bertz CT molecular complexity index is 2210. The molecule has 0 radical (unpaired) electrons. The first-order valence-corrected chi connectivity index (χ1v) is 23.5. The number of hydrogen-bond donors (Lipinski definition) is 2. The van der Waals surface area contributed by atoms with Crippen molar-refractivity contribution >= 4 is 56.0 Å². The molecule has 1 saturated heterocycles. The number of unbranched alkanes of at least 4 members (excludes halogenated alkanes) is 3. The molecule has 2 aromatic heterocycles. The highest BCUT2D eigenvalue weighted by atomic mass is 32.2. The van der Waals surface area contributed by atoms with Crippen LogP contribution in [0.25, 0.3) is 21.6 Å². The summed E-state index contributed by atoms with van der Waals surface area (Å²) in [5.74, 6) is -2.02. The van der Waals surface area contributed by atoms with E-state index in [-0.39, 0.29) is 31.7 Å². The number of carbonyl (C=O) groups excluding carboxylic acids is 4. The Balaban J connectivity index is 1.51. The minimum absolute atomic E-state index is 0.0182. The molecule has 0 bridgehead atoms. The number of likely N-dealkylation sites (tertiary alicyclic amines) is 1. The molecule has 2 aliphatic rings. The van der Waals surface area contributed by atoms with E-state index in [1.54, 1.807) is 27.9 Å². The summed E-state index contributed by atoms with van der Waals surface area (Å²) in [7, 11) is -2.32. The lowest BCUT2D eigenvalue weighted by atomic mass is 9.95. The van der Waals surface area contributed by atoms with E-state index in [1.807, 2.05) is 36.6 Å². The highest BCUT2D eigenvalue weighted by Crippen LogP contribution is 2.38. The molecule has 5 rings (SSSR count). The molecule has 4 atom stereocenters. The standard InChI is InChI=1S/C45H61N5O9S2/c1-10-12-13-14-15-17-29(22-39(51)59-45(6,7)8)44(54)50-25-30(23-36(50)42(53)47-33(16-11-2)41(52)49-61(55,56)31-18-19-31)58-38-24-34(43-48-35(26-60-43)27(3)4)46-40-28(5)37(57-9)21-20-32(38)40/h10-11,20-21,24,26-27,29-31,33,36H,1-2,12-19,22-23,25H2,3-9H3,(H,47,53)(H,49,52)/t29-,30?,33-,36+/m1/s1. The van der Waals surface area contributed by atoms with Crippen molar-refractivity contribution in [3.63, 3.8) is 0 Å². The Morgan fingerprint density at radius 2 is 1.79 bits per heavy atom. The van der Waals surface area contributed by atoms with Crippen molar-refractivity contribution in [3.05, 3.63) is 60.1 Å². The summed E-state index contributed by atoms with van der Waals surface area (Å²) in [4.78, 5) is 67.0. The number of carbonyl (C=O) groups is 4. The number of benzene rings is 1. The zero-order chi connectivity index (χ0) is 44.6. The van der Waals surface area contributed by atoms with Gasteiger partial charge in [0.2, 0.25) is 21.8 Å². The van der Waals surface area contributed by atoms with Crippen LogP contribution in [0.5, 0.6) is 11.5 Å². The number of fused-ring (bicyclic) bond motifs is 1. The van der Waals surface area contributed by atoms with E-state index in [2.05, 4.69) is 37.0 Å². The number of sulfonamides is 1. The van der Waals surface area contributed by atoms with Crippen molar-refractivity contribution in [1.29, 1.82) is 0 Å². The van der Waals surface area contributed by atoms with E-state index in [0.29, 0.717) is 58.8 Å². The maximum atomic E-state index is 14.8. The van der Waals surface area contributed by atoms with Crippen LogP contribution in [-0.2, 0) is 33.9 Å². The molecular formula is C45H61N5O9S2. The molecule has 3 aromatic rings. The van der Waals surface area contributed by atoms with Crippen LogP contribution in [0.3, 0.4) is 0 Å². The zero-order valence-corrected chi connectivity index (χ0v) is 38.1. The number of hydrogen-bond acceptors (Lipinski definition) is 12. The number of allylic oxidation sites excluding steroid dienone is 1. The number of rotatable bonds is 21. The van der Waals surface area contributed by atoms with Crippen LogP contribution in [0.15, 0.2) is 48.9 Å². The smallest absolute Gasteiger partial charge is 0.307 e. The molecule has 61 heavy (non-hydrogen) atoms. The monoisotopic (exact) mass is 879 g/mol. The number of methoxy groups -OCH3 is 1. The Morgan fingerprint density at radius 1 is 1.05 bits per heavy atom. The maximum Gasteiger partial charge on any atom is 0.307 e. The molecule has 1 aliphatic carbocycles. The number of amides is 3. The molecule has 1 aromatic carbocycles. The zero-order valence-electron chi connectivity index (χ0n) is 36.5. The molecule has 2 fully saturated rings. The second-order valence-corrected chi connectivity index (χ2v) is 20.0. The van der Waals surface area contributed by atoms with E-state index in [4.69, 9.17) is 24.2 Å². The van der Waals surface area contributed by atoms with E-state index < -0.39 is 68.7 Å². The fraction of sp³-hybridized carbons (Fsp3) is 0.556. The van der Waals surface area contributed by atoms with Gasteiger partial charge in [-0.15, -0.1) is 24.5 Å². The lowest BCUT2D eigenvalue weighted by Crippen LogP contribution is -2.54. The summed E-state index contributed by atoms with van der Waals surface area (Å²) in [6.45, 7) is 18.8. The van der Waals surface area contributed by atoms with E-state index in [9.17, 15) is 27.6 Å². The van der Waals surface area contributed by atoms with Gasteiger partial charge in [0, 0.05) is 34.7 Å². The third-order valence-electron chi connectivity index (χ3n) is 10.7. The SMILES string of the molecule is C=CCCCCC[C@H](CC(=O)OC(C)(C)C)C(=O)N1CC(Oc2cc(-c3nc(C(C)C)cs3)nc3c(C)c(OC)ccc23)C[C@H]1C(=O)N[C@H](CC=C)C(=O)NS(=O)(=O)C1CC1. The van der Waals surface area contributed by atoms with Gasteiger partial charge in [0.25, 0.3) is 5.91 Å². The van der Waals surface area contributed by atoms with Crippen molar-refractivity contribution in [3.8, 4) is 22.2 Å². The predicted molar refractivity (Wildman–Crippen MR) is 237 cm³/mol. The van der Waals surface area contributed by atoms with Gasteiger partial charge in [-0.05, 0) is 84.3 Å². The van der Waals surface area contributed by atoms with E-state index >= 15 is 0 Å². The summed E-state index contributed by atoms with van der Waals surface area (Å²) in [6.07, 6.45) is 6.72. The van der Waals surface area contributed by atoms with Crippen LogP contribution in [0.4, 0.5) is 0 Å². The molecule has 14 nitrogen and oxygen atoms in total. The molecule has 3 heterocycles. The van der Waals surface area contributed by atoms with Crippen LogP contribution in [0.1, 0.15) is 116 Å². The van der Waals surface area contributed by atoms with Crippen molar-refractivity contribution in [1.82, 2.24) is 24.9 Å². The van der Waals surface area contributed by atoms with Gasteiger partial charge < -0.3 is 24.4 Å². The molecular weight excluding hydrogens is 819 g/mol. The number of nitrogens with zero attached hydrogens (tertiary/aromatic N) is 3. The van der Waals surface area contributed by atoms with Gasteiger partial charge in [-0.25, -0.2) is 18.4 Å². The molecule has 16 heteroatoms. The van der Waals surface area contributed by atoms with Crippen molar-refractivity contribution in [2.45, 2.75) is 141 Å². The lowest BCUT2D eigenvalue weighted by Gasteiger charge is -2.29. The fourth-order valence-corrected chi connectivity index (χ4v) is 9.64. The molecule has 1 unspecified atom stereocenters. The van der Waals surface area contributed by atoms with Crippen LogP contribution in [-0.4, -0.2) is 89.7 Å². The Kier molecular flexibility index (Phi) is 15.8. The Labute approximate surface area is 364 Å². The number of pyridine rings is 1. The van der Waals surface area contributed by atoms with Crippen LogP contribution < -0.4 is 19.5 Å². The number of nitrogens with one attached hydrogen (secondary N) is 2. The largest absolute Gasteiger partial charge is 0.496 e. The number of aromatic nitrogens is 2. The average molecular weight is 880 g/mol. The molecule has 332 valence electrons. The number of thiazole rings is 1. The van der Waals surface area contributed by atoms with Gasteiger partial charge in [-0.3, -0.25) is 23.9 Å². The lowest BCUT2D eigenvalue weighted by molar-refractivity contribution is -0.159. The first kappa shape index (κ1) is 47.2. The van der Waals surface area contributed by atoms with E-state index in [0.717, 1.165) is 30.5 Å². The average Bonchev–Trinajstić information content (AvgIpc) is 3.80. The van der Waals surface area contributed by atoms with Crippen molar-refractivity contribution in [2.75, 3.05) is 13.7 Å². The highest BCUT2D eigenvalue weighted by molar-refractivity contribution is 7.90. The third kappa shape index (κ3) is 12.4. The Hall–Kier alpha value is -4.83. The highest BCUT2D eigenvalue weighted by Gasteiger charge is 2.45. The van der Waals surface area contributed by atoms with E-state index in [1.165, 1.54) is 22.3 Å². The summed E-state index contributed by atoms with van der Waals surface area (Å²) >= 11 is 1.47. The number of esters is 1. The normalized spacial score (nSPS) is 17.7. The van der Waals surface area contributed by atoms with Crippen molar-refractivity contribution in [2.24, 2.45) is 5.92 Å². The second kappa shape index (κ2) is 20.4. The third-order valence-corrected chi connectivity index (χ3v) is 13.4. The van der Waals surface area contributed by atoms with Gasteiger partial charge in [0.05, 0.1) is 36.5 Å². The quantitative estimate of drug-likeness (QED) is 0.0622. The summed E-state index contributed by atoms with van der Waals surface area (Å²) in [6, 6.07) is 3.08. The van der Waals surface area contributed by atoms with Crippen LogP contribution in [0, 0.1) is 12.8 Å². The fourth-order valence-electron chi connectivity index (χ4n) is 7.36. The van der Waals surface area contributed by atoms with Gasteiger partial charge in [-0.1, -0.05) is 38.8 Å². The van der Waals surface area contributed by atoms with Crippen molar-refractivity contribution < 1.29 is 41.8 Å². The van der Waals surface area contributed by atoms with Gasteiger partial charge in [0.15, 0.2) is 0 Å². The van der Waals surface area contributed by atoms with Crippen LogP contribution >= 0.6 is 11.3 Å². The number of ether oxygens (including phenoxy) is 3. The Morgan fingerprint density at radius 3 is 2.41 bits per heavy atom. The summed E-state index contributed by atoms with van der Waals surface area (Å²) < 4.78 is 45.6. The molecule has 2 N–H and O–H groups in total. The molecule has 3 amide bonds. The number of aryl methyl sites for hydroxylation is 1. The summed E-state index contributed by atoms with van der Waals surface area (Å²) in [5.41, 5.74) is 2.17. The topological polar surface area (TPSA) is 183 Å². The second-order valence-electron chi connectivity index (χ2n) is 17.2. The minimum atomic E-state index is -3.91. The first-order valence-electron chi connectivity index (χ1n) is 21.1. The van der Waals surface area contributed by atoms with Gasteiger partial charge in [0.1, 0.15) is 46.0 Å². The van der Waals surface area contributed by atoms with Gasteiger partial charge in [-0.2, -0.15) is 0 Å². The molecule has 1 aliphatic heterocycles. The van der Waals surface area contributed by atoms with Gasteiger partial charge >= 0.3 is 5.97 Å². The molecule has 0 spiro atoms. The molecule has 1 saturated carbocycles. The van der Waals surface area contributed by atoms with Crippen LogP contribution in [0.2, 0.25) is 0 Å². The predicted octanol–water partition coefficient (Wildman–Crippen LogP) is 7.30. The minimum Gasteiger partial charge on any atom is -0.496 e. The first-order chi connectivity index (χ1) is 28.8. The summed E-state index contributed by atoms with van der Waals surface area (Å²) in [5, 5.41) is 5.45. The maximum absolute atomic E-state index is 14.8.